The van der Waals surface area contributed by atoms with Crippen LogP contribution in [0.2, 0.25) is 0 Å². The number of carboxylic acid groups (broad SMARTS) is 1. The molecule has 0 bridgehead atoms. The summed E-state index contributed by atoms with van der Waals surface area (Å²) in [5.41, 5.74) is 0.851. The average molecular weight is 252 g/mol. The first-order valence-electron chi connectivity index (χ1n) is 5.67. The SMILES string of the molecule is COc1cccc(C(C(=O)O)C2CCSC2)c1. The number of hydrogen-bond donors (Lipinski definition) is 1. The van der Waals surface area contributed by atoms with Crippen LogP contribution in [0.5, 0.6) is 5.75 Å². The number of aliphatic carboxylic acids is 1. The summed E-state index contributed by atoms with van der Waals surface area (Å²) in [4.78, 5) is 11.4. The molecule has 17 heavy (non-hydrogen) atoms. The normalized spacial score (nSPS) is 21.1. The van der Waals surface area contributed by atoms with E-state index in [0.717, 1.165) is 29.2 Å². The zero-order valence-corrected chi connectivity index (χ0v) is 10.6. The van der Waals surface area contributed by atoms with Gasteiger partial charge in [-0.1, -0.05) is 12.1 Å². The molecule has 1 aliphatic rings. The van der Waals surface area contributed by atoms with Crippen LogP contribution in [0.4, 0.5) is 0 Å². The van der Waals surface area contributed by atoms with Gasteiger partial charge in [-0.15, -0.1) is 0 Å². The van der Waals surface area contributed by atoms with E-state index >= 15 is 0 Å². The molecule has 4 heteroatoms. The minimum atomic E-state index is -0.731. The topological polar surface area (TPSA) is 46.5 Å². The molecule has 1 fully saturated rings. The summed E-state index contributed by atoms with van der Waals surface area (Å²) in [5, 5.41) is 9.40. The largest absolute Gasteiger partial charge is 0.497 e. The quantitative estimate of drug-likeness (QED) is 0.894. The number of benzene rings is 1. The third-order valence-corrected chi connectivity index (χ3v) is 4.34. The van der Waals surface area contributed by atoms with Gasteiger partial charge in [-0.3, -0.25) is 4.79 Å². The van der Waals surface area contributed by atoms with Crippen LogP contribution in [-0.4, -0.2) is 29.7 Å². The van der Waals surface area contributed by atoms with Crippen LogP contribution in [0.25, 0.3) is 0 Å². The molecule has 2 atom stereocenters. The maximum atomic E-state index is 11.4. The lowest BCUT2D eigenvalue weighted by Crippen LogP contribution is -2.21. The molecule has 0 amide bonds. The van der Waals surface area contributed by atoms with E-state index in [1.807, 2.05) is 36.0 Å². The predicted molar refractivity (Wildman–Crippen MR) is 68.8 cm³/mol. The number of ether oxygens (including phenoxy) is 1. The Morgan fingerprint density at radius 3 is 3.00 bits per heavy atom. The Balaban J connectivity index is 2.28. The maximum absolute atomic E-state index is 11.4. The molecule has 0 aliphatic carbocycles. The Morgan fingerprint density at radius 1 is 1.59 bits per heavy atom. The molecule has 1 aliphatic heterocycles. The third-order valence-electron chi connectivity index (χ3n) is 3.16. The smallest absolute Gasteiger partial charge is 0.311 e. The Labute approximate surface area is 105 Å². The fourth-order valence-corrected chi connectivity index (χ4v) is 3.56. The highest BCUT2D eigenvalue weighted by molar-refractivity contribution is 7.99. The van der Waals surface area contributed by atoms with Gasteiger partial charge in [0.2, 0.25) is 0 Å². The van der Waals surface area contributed by atoms with Gasteiger partial charge in [-0.25, -0.2) is 0 Å². The van der Waals surface area contributed by atoms with Crippen LogP contribution >= 0.6 is 11.8 Å². The second-order valence-corrected chi connectivity index (χ2v) is 5.37. The van der Waals surface area contributed by atoms with Crippen molar-refractivity contribution >= 4 is 17.7 Å². The molecule has 0 spiro atoms. The molecular weight excluding hydrogens is 236 g/mol. The third kappa shape index (κ3) is 2.75. The Bertz CT molecular complexity index is 399. The van der Waals surface area contributed by atoms with Crippen molar-refractivity contribution in [2.75, 3.05) is 18.6 Å². The lowest BCUT2D eigenvalue weighted by molar-refractivity contribution is -0.140. The lowest BCUT2D eigenvalue weighted by atomic mass is 9.85. The fourth-order valence-electron chi connectivity index (χ4n) is 2.27. The van der Waals surface area contributed by atoms with Gasteiger partial charge in [0.1, 0.15) is 5.75 Å². The molecule has 0 saturated carbocycles. The van der Waals surface area contributed by atoms with Crippen molar-refractivity contribution in [3.05, 3.63) is 29.8 Å². The van der Waals surface area contributed by atoms with Crippen molar-refractivity contribution in [3.63, 3.8) is 0 Å². The van der Waals surface area contributed by atoms with E-state index in [0.29, 0.717) is 0 Å². The summed E-state index contributed by atoms with van der Waals surface area (Å²) >= 11 is 1.84. The van der Waals surface area contributed by atoms with E-state index < -0.39 is 11.9 Å². The van der Waals surface area contributed by atoms with E-state index in [9.17, 15) is 9.90 Å². The summed E-state index contributed by atoms with van der Waals surface area (Å²) < 4.78 is 5.15. The summed E-state index contributed by atoms with van der Waals surface area (Å²) in [6.45, 7) is 0. The maximum Gasteiger partial charge on any atom is 0.311 e. The van der Waals surface area contributed by atoms with Crippen molar-refractivity contribution in [2.45, 2.75) is 12.3 Å². The van der Waals surface area contributed by atoms with E-state index in [1.54, 1.807) is 7.11 Å². The second kappa shape index (κ2) is 5.45. The number of carbonyl (C=O) groups is 1. The number of thioether (sulfide) groups is 1. The summed E-state index contributed by atoms with van der Waals surface area (Å²) in [7, 11) is 1.60. The van der Waals surface area contributed by atoms with Crippen LogP contribution in [0.3, 0.4) is 0 Å². The summed E-state index contributed by atoms with van der Waals surface area (Å²) in [5.74, 6) is 1.84. The fraction of sp³-hybridized carbons (Fsp3) is 0.462. The monoisotopic (exact) mass is 252 g/mol. The van der Waals surface area contributed by atoms with Gasteiger partial charge in [0.15, 0.2) is 0 Å². The molecule has 1 aromatic carbocycles. The highest BCUT2D eigenvalue weighted by Crippen LogP contribution is 2.36. The average Bonchev–Trinajstić information content (AvgIpc) is 2.83. The lowest BCUT2D eigenvalue weighted by Gasteiger charge is -2.19. The van der Waals surface area contributed by atoms with Gasteiger partial charge in [0.25, 0.3) is 0 Å². The van der Waals surface area contributed by atoms with E-state index in [4.69, 9.17) is 4.74 Å². The van der Waals surface area contributed by atoms with Gasteiger partial charge < -0.3 is 9.84 Å². The Hall–Kier alpha value is -1.16. The van der Waals surface area contributed by atoms with Crippen molar-refractivity contribution in [1.29, 1.82) is 0 Å². The summed E-state index contributed by atoms with van der Waals surface area (Å²) in [6, 6.07) is 7.41. The number of rotatable bonds is 4. The van der Waals surface area contributed by atoms with E-state index in [-0.39, 0.29) is 5.92 Å². The molecule has 1 aromatic rings. The molecule has 0 radical (unpaired) electrons. The molecule has 2 rings (SSSR count). The standard InChI is InChI=1S/C13H16O3S/c1-16-11-4-2-3-9(7-11)12(13(14)15)10-5-6-17-8-10/h2-4,7,10,12H,5-6,8H2,1H3,(H,14,15). The molecule has 1 heterocycles. The molecule has 1 saturated heterocycles. The highest BCUT2D eigenvalue weighted by Gasteiger charge is 2.32. The molecule has 92 valence electrons. The zero-order chi connectivity index (χ0) is 12.3. The summed E-state index contributed by atoms with van der Waals surface area (Å²) in [6.07, 6.45) is 0.985. The van der Waals surface area contributed by atoms with Crippen molar-refractivity contribution in [3.8, 4) is 5.75 Å². The first-order chi connectivity index (χ1) is 8.22. The van der Waals surface area contributed by atoms with Gasteiger partial charge in [-0.05, 0) is 41.5 Å². The Kier molecular flexibility index (Phi) is 3.94. The zero-order valence-electron chi connectivity index (χ0n) is 9.76. The van der Waals surface area contributed by atoms with Crippen LogP contribution < -0.4 is 4.74 Å². The van der Waals surface area contributed by atoms with Gasteiger partial charge in [0, 0.05) is 0 Å². The van der Waals surface area contributed by atoms with E-state index in [2.05, 4.69) is 0 Å². The minimum Gasteiger partial charge on any atom is -0.497 e. The number of methoxy groups -OCH3 is 1. The molecule has 2 unspecified atom stereocenters. The van der Waals surface area contributed by atoms with Crippen LogP contribution in [0, 0.1) is 5.92 Å². The van der Waals surface area contributed by atoms with Crippen LogP contribution in [0.15, 0.2) is 24.3 Å². The first-order valence-corrected chi connectivity index (χ1v) is 6.82. The number of hydrogen-bond acceptors (Lipinski definition) is 3. The molecular formula is C13H16O3S. The van der Waals surface area contributed by atoms with Crippen molar-refractivity contribution in [2.24, 2.45) is 5.92 Å². The molecule has 3 nitrogen and oxygen atoms in total. The van der Waals surface area contributed by atoms with Crippen LogP contribution in [-0.2, 0) is 4.79 Å². The van der Waals surface area contributed by atoms with E-state index in [1.165, 1.54) is 0 Å². The number of carboxylic acids is 1. The molecule has 0 aromatic heterocycles. The predicted octanol–water partition coefficient (Wildman–Crippen LogP) is 2.62. The van der Waals surface area contributed by atoms with Crippen LogP contribution in [0.1, 0.15) is 17.9 Å². The Morgan fingerprint density at radius 2 is 2.41 bits per heavy atom. The highest BCUT2D eigenvalue weighted by atomic mass is 32.2. The van der Waals surface area contributed by atoms with Gasteiger partial charge in [0.05, 0.1) is 13.0 Å². The van der Waals surface area contributed by atoms with Crippen molar-refractivity contribution < 1.29 is 14.6 Å². The van der Waals surface area contributed by atoms with Gasteiger partial charge in [-0.2, -0.15) is 11.8 Å². The first kappa shape index (κ1) is 12.3. The molecule has 1 N–H and O–H groups in total. The van der Waals surface area contributed by atoms with Gasteiger partial charge >= 0.3 is 5.97 Å². The minimum absolute atomic E-state index is 0.240. The second-order valence-electron chi connectivity index (χ2n) is 4.22. The van der Waals surface area contributed by atoms with Crippen molar-refractivity contribution in [1.82, 2.24) is 0 Å².